The molecule has 0 saturated carbocycles. The lowest BCUT2D eigenvalue weighted by Crippen LogP contribution is -2.25. The van der Waals surface area contributed by atoms with Crippen molar-refractivity contribution < 1.29 is 13.2 Å². The summed E-state index contributed by atoms with van der Waals surface area (Å²) in [7, 11) is -3.19. The third-order valence-electron chi connectivity index (χ3n) is 3.83. The number of thioether (sulfide) groups is 1. The Hall–Kier alpha value is -2.13. The van der Waals surface area contributed by atoms with Gasteiger partial charge in [-0.25, -0.2) is 18.4 Å². The number of benzene rings is 1. The van der Waals surface area contributed by atoms with Crippen molar-refractivity contribution in [2.24, 2.45) is 0 Å². The predicted molar refractivity (Wildman–Crippen MR) is 103 cm³/mol. The lowest BCUT2D eigenvalue weighted by atomic mass is 10.2. The predicted octanol–water partition coefficient (Wildman–Crippen LogP) is 2.36. The summed E-state index contributed by atoms with van der Waals surface area (Å²) in [6.07, 6.45) is 0.637. The minimum atomic E-state index is -3.19. The van der Waals surface area contributed by atoms with Crippen LogP contribution in [-0.4, -0.2) is 42.3 Å². The first kappa shape index (κ1) is 18.7. The fourth-order valence-corrected chi connectivity index (χ4v) is 5.04. The van der Waals surface area contributed by atoms with Crippen LogP contribution in [0, 0.1) is 13.8 Å². The Bertz CT molecular complexity index is 894. The van der Waals surface area contributed by atoms with E-state index in [1.54, 1.807) is 24.3 Å². The first-order valence-corrected chi connectivity index (χ1v) is 10.8. The number of anilines is 2. The lowest BCUT2D eigenvalue weighted by Gasteiger charge is -2.17. The Balaban J connectivity index is 1.58. The first-order chi connectivity index (χ1) is 12.3. The maximum Gasteiger partial charge on any atom is 0.235 e. The van der Waals surface area contributed by atoms with E-state index in [9.17, 15) is 13.2 Å². The number of amides is 1. The molecule has 1 N–H and O–H groups in total. The molecule has 1 aromatic heterocycles. The van der Waals surface area contributed by atoms with E-state index in [-0.39, 0.29) is 17.4 Å². The Morgan fingerprint density at radius 3 is 2.42 bits per heavy atom. The average molecular weight is 393 g/mol. The van der Waals surface area contributed by atoms with Gasteiger partial charge in [-0.05, 0) is 50.6 Å². The summed E-state index contributed by atoms with van der Waals surface area (Å²) in [6.45, 7) is 4.28. The van der Waals surface area contributed by atoms with E-state index >= 15 is 0 Å². The number of nitrogens with zero attached hydrogens (tertiary/aromatic N) is 3. The van der Waals surface area contributed by atoms with Crippen LogP contribution in [0.5, 0.6) is 0 Å². The third kappa shape index (κ3) is 4.53. The summed E-state index contributed by atoms with van der Waals surface area (Å²) >= 11 is 1.28. The number of carbonyl (C=O) groups excluding carboxylic acids is 1. The van der Waals surface area contributed by atoms with E-state index in [0.29, 0.717) is 29.5 Å². The van der Waals surface area contributed by atoms with Crippen LogP contribution in [0.2, 0.25) is 0 Å². The van der Waals surface area contributed by atoms with Crippen molar-refractivity contribution in [2.75, 3.05) is 27.7 Å². The monoisotopic (exact) mass is 392 g/mol. The SMILES string of the molecule is Cc1cc(C)nc(SCC(=O)Nc2ccc(N3CCCS3(=O)=O)cc2)n1. The molecule has 0 radical (unpaired) electrons. The maximum atomic E-state index is 12.1. The highest BCUT2D eigenvalue weighted by atomic mass is 32.2. The molecular formula is C17H20N4O3S2. The van der Waals surface area contributed by atoms with Gasteiger partial charge in [-0.3, -0.25) is 9.10 Å². The topological polar surface area (TPSA) is 92.3 Å². The highest BCUT2D eigenvalue weighted by Gasteiger charge is 2.28. The van der Waals surface area contributed by atoms with Crippen LogP contribution < -0.4 is 9.62 Å². The Morgan fingerprint density at radius 1 is 1.19 bits per heavy atom. The van der Waals surface area contributed by atoms with Crippen molar-refractivity contribution in [1.82, 2.24) is 9.97 Å². The molecule has 138 valence electrons. The molecule has 1 amide bonds. The summed E-state index contributed by atoms with van der Waals surface area (Å²) in [6, 6.07) is 8.71. The number of sulfonamides is 1. The van der Waals surface area contributed by atoms with Crippen LogP contribution in [-0.2, 0) is 14.8 Å². The van der Waals surface area contributed by atoms with E-state index in [0.717, 1.165) is 11.4 Å². The molecule has 7 nitrogen and oxygen atoms in total. The quantitative estimate of drug-likeness (QED) is 0.620. The molecule has 0 bridgehead atoms. The van der Waals surface area contributed by atoms with E-state index in [1.807, 2.05) is 19.9 Å². The summed E-state index contributed by atoms with van der Waals surface area (Å²) in [5.41, 5.74) is 2.98. The van der Waals surface area contributed by atoms with Gasteiger partial charge < -0.3 is 5.32 Å². The molecule has 0 spiro atoms. The van der Waals surface area contributed by atoms with Gasteiger partial charge in [0.2, 0.25) is 15.9 Å². The van der Waals surface area contributed by atoms with E-state index in [4.69, 9.17) is 0 Å². The molecule has 1 saturated heterocycles. The van der Waals surface area contributed by atoms with Gasteiger partial charge in [0.15, 0.2) is 5.16 Å². The van der Waals surface area contributed by atoms with Crippen molar-refractivity contribution >= 4 is 39.1 Å². The maximum absolute atomic E-state index is 12.1. The molecule has 3 rings (SSSR count). The fourth-order valence-electron chi connectivity index (χ4n) is 2.73. The van der Waals surface area contributed by atoms with Gasteiger partial charge >= 0.3 is 0 Å². The number of aromatic nitrogens is 2. The largest absolute Gasteiger partial charge is 0.325 e. The summed E-state index contributed by atoms with van der Waals surface area (Å²) in [5.74, 6) is 0.216. The number of hydrogen-bond acceptors (Lipinski definition) is 6. The van der Waals surface area contributed by atoms with Crippen LogP contribution in [0.15, 0.2) is 35.5 Å². The summed E-state index contributed by atoms with van der Waals surface area (Å²) in [5, 5.41) is 3.37. The number of nitrogens with one attached hydrogen (secondary N) is 1. The van der Waals surface area contributed by atoms with E-state index < -0.39 is 10.0 Å². The van der Waals surface area contributed by atoms with Gasteiger partial charge in [0.05, 0.1) is 17.2 Å². The molecular weight excluding hydrogens is 372 g/mol. The van der Waals surface area contributed by atoms with E-state index in [1.165, 1.54) is 16.1 Å². The molecule has 1 aliphatic heterocycles. The number of hydrogen-bond donors (Lipinski definition) is 1. The van der Waals surface area contributed by atoms with Gasteiger partial charge in [0, 0.05) is 23.6 Å². The number of aryl methyl sites for hydroxylation is 2. The Labute approximate surface area is 157 Å². The highest BCUT2D eigenvalue weighted by Crippen LogP contribution is 2.25. The van der Waals surface area contributed by atoms with Crippen LogP contribution >= 0.6 is 11.8 Å². The summed E-state index contributed by atoms with van der Waals surface area (Å²) < 4.78 is 25.3. The minimum absolute atomic E-state index is 0.167. The normalized spacial score (nSPS) is 15.8. The van der Waals surface area contributed by atoms with Gasteiger partial charge in [0.25, 0.3) is 0 Å². The molecule has 2 aromatic rings. The molecule has 9 heteroatoms. The standard InChI is InChI=1S/C17H20N4O3S2/c1-12-10-13(2)19-17(18-12)25-11-16(22)20-14-4-6-15(7-5-14)21-8-3-9-26(21,23)24/h4-7,10H,3,8-9,11H2,1-2H3,(H,20,22). The number of rotatable bonds is 5. The van der Waals surface area contributed by atoms with Crippen LogP contribution in [0.25, 0.3) is 0 Å². The Morgan fingerprint density at radius 2 is 1.85 bits per heavy atom. The second kappa shape index (κ2) is 7.63. The first-order valence-electron chi connectivity index (χ1n) is 8.19. The van der Waals surface area contributed by atoms with Crippen LogP contribution in [0.3, 0.4) is 0 Å². The Kier molecular flexibility index (Phi) is 5.47. The van der Waals surface area contributed by atoms with Crippen molar-refractivity contribution in [3.05, 3.63) is 41.7 Å². The molecule has 26 heavy (non-hydrogen) atoms. The van der Waals surface area contributed by atoms with Crippen LogP contribution in [0.4, 0.5) is 11.4 Å². The molecule has 0 aliphatic carbocycles. The fraction of sp³-hybridized carbons (Fsp3) is 0.353. The molecule has 1 aromatic carbocycles. The van der Waals surface area contributed by atoms with Crippen molar-refractivity contribution in [3.8, 4) is 0 Å². The molecule has 1 fully saturated rings. The van der Waals surface area contributed by atoms with Crippen molar-refractivity contribution in [3.63, 3.8) is 0 Å². The zero-order valence-corrected chi connectivity index (χ0v) is 16.2. The zero-order chi connectivity index (χ0) is 18.7. The molecule has 0 unspecified atom stereocenters. The van der Waals surface area contributed by atoms with Gasteiger partial charge in [-0.2, -0.15) is 0 Å². The van der Waals surface area contributed by atoms with Gasteiger partial charge in [0.1, 0.15) is 0 Å². The number of carbonyl (C=O) groups is 1. The summed E-state index contributed by atoms with van der Waals surface area (Å²) in [4.78, 5) is 20.7. The second-order valence-corrected chi connectivity index (χ2v) is 9.01. The third-order valence-corrected chi connectivity index (χ3v) is 6.55. The van der Waals surface area contributed by atoms with Gasteiger partial charge in [-0.15, -0.1) is 0 Å². The van der Waals surface area contributed by atoms with Crippen molar-refractivity contribution in [2.45, 2.75) is 25.4 Å². The minimum Gasteiger partial charge on any atom is -0.325 e. The lowest BCUT2D eigenvalue weighted by molar-refractivity contribution is -0.113. The smallest absolute Gasteiger partial charge is 0.235 e. The van der Waals surface area contributed by atoms with Gasteiger partial charge in [-0.1, -0.05) is 11.8 Å². The zero-order valence-electron chi connectivity index (χ0n) is 14.6. The van der Waals surface area contributed by atoms with E-state index in [2.05, 4.69) is 15.3 Å². The highest BCUT2D eigenvalue weighted by molar-refractivity contribution is 7.99. The molecule has 0 atom stereocenters. The second-order valence-electron chi connectivity index (χ2n) is 6.06. The average Bonchev–Trinajstić information content (AvgIpc) is 2.92. The molecule has 2 heterocycles. The molecule has 1 aliphatic rings. The van der Waals surface area contributed by atoms with Crippen molar-refractivity contribution in [1.29, 1.82) is 0 Å². The van der Waals surface area contributed by atoms with Crippen LogP contribution in [0.1, 0.15) is 17.8 Å².